The third-order valence-electron chi connectivity index (χ3n) is 16.2. The summed E-state index contributed by atoms with van der Waals surface area (Å²) >= 11 is 0. The molecule has 16 rings (SSSR count). The zero-order valence-corrected chi connectivity index (χ0v) is 44.1. The van der Waals surface area contributed by atoms with Crippen molar-refractivity contribution in [2.75, 3.05) is 9.80 Å². The summed E-state index contributed by atoms with van der Waals surface area (Å²) in [6.07, 6.45) is 0. The first kappa shape index (κ1) is 46.2. The first-order valence-corrected chi connectivity index (χ1v) is 27.6. The van der Waals surface area contributed by atoms with E-state index in [1.165, 1.54) is 38.2 Å². The number of hydrogen-bond acceptors (Lipinski definition) is 3. The number of fused-ring (bicyclic) bond motifs is 11. The fourth-order valence-corrected chi connectivity index (χ4v) is 12.5. The molecule has 81 heavy (non-hydrogen) atoms. The van der Waals surface area contributed by atoms with Crippen LogP contribution in [0, 0.1) is 0 Å². The summed E-state index contributed by atoms with van der Waals surface area (Å²) in [6.45, 7) is 0. The molecule has 0 unspecified atom stereocenters. The normalized spacial score (nSPS) is 11.7. The lowest BCUT2D eigenvalue weighted by Gasteiger charge is -2.30. The molecular formula is C76H50N4O. The van der Waals surface area contributed by atoms with Crippen LogP contribution in [0.25, 0.3) is 110 Å². The van der Waals surface area contributed by atoms with Gasteiger partial charge in [-0.15, -0.1) is 0 Å². The average molecular weight is 1040 g/mol. The van der Waals surface area contributed by atoms with E-state index in [1.54, 1.807) is 0 Å². The standard InChI is InChI=1S/C76H50N4O/c1-6-20-51(21-7-1)52-34-38-60(39-35-52)77(56-22-8-2-9-23-56)62-44-55(45-63(48-62)78(57-24-10-3-11-25-57)61-40-43-73-70(49-61)64-30-16-18-32-71(64)79(73)58-26-12-4-13-27-58)53-37-42-72-68(46-53)69-47-54-36-41-66-65-31-17-19-33-75(65)81-76(66)67(54)50-74(69)80(72)59-28-14-5-15-29-59/h1-50H. The smallest absolute Gasteiger partial charge is 0.143 e. The summed E-state index contributed by atoms with van der Waals surface area (Å²) in [4.78, 5) is 4.82. The molecule has 0 aliphatic rings. The van der Waals surface area contributed by atoms with Crippen molar-refractivity contribution in [2.45, 2.75) is 0 Å². The van der Waals surface area contributed by atoms with Crippen LogP contribution < -0.4 is 9.80 Å². The van der Waals surface area contributed by atoms with Crippen LogP contribution in [0.15, 0.2) is 308 Å². The zero-order valence-electron chi connectivity index (χ0n) is 44.1. The number of anilines is 6. The van der Waals surface area contributed by atoms with Crippen molar-refractivity contribution < 1.29 is 4.42 Å². The van der Waals surface area contributed by atoms with Crippen molar-refractivity contribution in [3.05, 3.63) is 303 Å². The van der Waals surface area contributed by atoms with Gasteiger partial charge in [0.2, 0.25) is 0 Å². The maximum atomic E-state index is 6.67. The topological polar surface area (TPSA) is 29.5 Å². The molecule has 0 radical (unpaired) electrons. The van der Waals surface area contributed by atoms with Gasteiger partial charge in [-0.1, -0.05) is 164 Å². The summed E-state index contributed by atoms with van der Waals surface area (Å²) in [5.41, 5.74) is 19.4. The molecule has 0 amide bonds. The van der Waals surface area contributed by atoms with Crippen LogP contribution in [0.5, 0.6) is 0 Å². The van der Waals surface area contributed by atoms with Gasteiger partial charge in [-0.25, -0.2) is 0 Å². The van der Waals surface area contributed by atoms with E-state index in [4.69, 9.17) is 4.42 Å². The highest BCUT2D eigenvalue weighted by Crippen LogP contribution is 2.47. The first-order chi connectivity index (χ1) is 40.2. The SMILES string of the molecule is c1ccc(-c2ccc(N(c3ccccc3)c3cc(-c4ccc5c(c4)c4cc6ccc7c8ccccc8oc7c6cc4n5-c4ccccc4)cc(N(c4ccccc4)c4ccc5c(c4)c4ccccc4n5-c4ccccc4)c3)cc2)cc1. The minimum atomic E-state index is 0.895. The van der Waals surface area contributed by atoms with Crippen molar-refractivity contribution in [3.8, 4) is 33.6 Å². The van der Waals surface area contributed by atoms with Gasteiger partial charge in [-0.3, -0.25) is 0 Å². The van der Waals surface area contributed by atoms with Gasteiger partial charge >= 0.3 is 0 Å². The number of furan rings is 1. The van der Waals surface area contributed by atoms with E-state index in [1.807, 2.05) is 6.07 Å². The lowest BCUT2D eigenvalue weighted by molar-refractivity contribution is 0.672. The van der Waals surface area contributed by atoms with Gasteiger partial charge in [-0.2, -0.15) is 0 Å². The van der Waals surface area contributed by atoms with Crippen molar-refractivity contribution in [3.63, 3.8) is 0 Å². The van der Waals surface area contributed by atoms with Crippen LogP contribution in [-0.2, 0) is 0 Å². The zero-order chi connectivity index (χ0) is 53.4. The van der Waals surface area contributed by atoms with Gasteiger partial charge in [0.25, 0.3) is 0 Å². The monoisotopic (exact) mass is 1030 g/mol. The predicted molar refractivity (Wildman–Crippen MR) is 340 cm³/mol. The highest BCUT2D eigenvalue weighted by atomic mass is 16.3. The van der Waals surface area contributed by atoms with Gasteiger partial charge in [0.15, 0.2) is 0 Å². The molecule has 3 aromatic heterocycles. The Morgan fingerprint density at radius 1 is 0.235 bits per heavy atom. The third-order valence-corrected chi connectivity index (χ3v) is 16.2. The van der Waals surface area contributed by atoms with E-state index in [-0.39, 0.29) is 0 Å². The van der Waals surface area contributed by atoms with Crippen molar-refractivity contribution in [1.82, 2.24) is 9.13 Å². The van der Waals surface area contributed by atoms with Gasteiger partial charge in [-0.05, 0) is 167 Å². The molecule has 0 spiro atoms. The Morgan fingerprint density at radius 3 is 1.40 bits per heavy atom. The molecule has 0 fully saturated rings. The second-order valence-electron chi connectivity index (χ2n) is 20.9. The van der Waals surface area contributed by atoms with Crippen LogP contribution in [0.3, 0.4) is 0 Å². The largest absolute Gasteiger partial charge is 0.455 e. The molecular weight excluding hydrogens is 985 g/mol. The molecule has 0 aliphatic heterocycles. The Bertz CT molecular complexity index is 5030. The maximum absolute atomic E-state index is 6.67. The van der Waals surface area contributed by atoms with Crippen LogP contribution in [0.1, 0.15) is 0 Å². The number of aromatic nitrogens is 2. The summed E-state index contributed by atoms with van der Waals surface area (Å²) in [6, 6.07) is 110. The van der Waals surface area contributed by atoms with Gasteiger partial charge < -0.3 is 23.4 Å². The molecule has 0 atom stereocenters. The maximum Gasteiger partial charge on any atom is 0.143 e. The Morgan fingerprint density at radius 2 is 0.716 bits per heavy atom. The lowest BCUT2D eigenvalue weighted by atomic mass is 9.98. The molecule has 5 nitrogen and oxygen atoms in total. The first-order valence-electron chi connectivity index (χ1n) is 27.6. The highest BCUT2D eigenvalue weighted by molar-refractivity contribution is 6.21. The average Bonchev–Trinajstić information content (AvgIpc) is 4.28. The summed E-state index contributed by atoms with van der Waals surface area (Å²) in [5, 5.41) is 9.20. The molecule has 5 heteroatoms. The van der Waals surface area contributed by atoms with Crippen molar-refractivity contribution in [2.24, 2.45) is 0 Å². The quantitative estimate of drug-likeness (QED) is 0.137. The van der Waals surface area contributed by atoms with Gasteiger partial charge in [0.05, 0.1) is 22.1 Å². The van der Waals surface area contributed by atoms with Gasteiger partial charge in [0, 0.05) is 83.2 Å². The Balaban J connectivity index is 0.945. The van der Waals surface area contributed by atoms with Crippen molar-refractivity contribution in [1.29, 1.82) is 0 Å². The fraction of sp³-hybridized carbons (Fsp3) is 0. The fourth-order valence-electron chi connectivity index (χ4n) is 12.5. The van der Waals surface area contributed by atoms with Crippen LogP contribution in [0.2, 0.25) is 0 Å². The van der Waals surface area contributed by atoms with Crippen molar-refractivity contribution >= 4 is 110 Å². The Labute approximate surface area is 468 Å². The Kier molecular flexibility index (Phi) is 10.8. The molecule has 0 N–H and O–H groups in total. The molecule has 3 heterocycles. The van der Waals surface area contributed by atoms with Crippen LogP contribution >= 0.6 is 0 Å². The van der Waals surface area contributed by atoms with Crippen LogP contribution in [-0.4, -0.2) is 9.13 Å². The molecule has 16 aromatic rings. The number of hydrogen-bond donors (Lipinski definition) is 0. The second-order valence-corrected chi connectivity index (χ2v) is 20.9. The van der Waals surface area contributed by atoms with E-state index in [2.05, 4.69) is 316 Å². The van der Waals surface area contributed by atoms with E-state index < -0.39 is 0 Å². The Hall–Kier alpha value is -10.9. The molecule has 13 aromatic carbocycles. The summed E-state index contributed by atoms with van der Waals surface area (Å²) in [7, 11) is 0. The third kappa shape index (κ3) is 7.78. The van der Waals surface area contributed by atoms with E-state index in [0.717, 1.165) is 106 Å². The summed E-state index contributed by atoms with van der Waals surface area (Å²) < 4.78 is 11.5. The number of para-hydroxylation sites is 6. The summed E-state index contributed by atoms with van der Waals surface area (Å²) in [5.74, 6) is 0. The molecule has 0 saturated carbocycles. The van der Waals surface area contributed by atoms with E-state index in [0.29, 0.717) is 0 Å². The minimum Gasteiger partial charge on any atom is -0.455 e. The lowest BCUT2D eigenvalue weighted by Crippen LogP contribution is -2.13. The molecule has 0 bridgehead atoms. The van der Waals surface area contributed by atoms with E-state index >= 15 is 0 Å². The molecule has 0 aliphatic carbocycles. The predicted octanol–water partition coefficient (Wildman–Crippen LogP) is 21.2. The number of rotatable bonds is 10. The van der Waals surface area contributed by atoms with Gasteiger partial charge in [0.1, 0.15) is 11.2 Å². The highest BCUT2D eigenvalue weighted by Gasteiger charge is 2.23. The number of nitrogens with zero attached hydrogens (tertiary/aromatic N) is 4. The van der Waals surface area contributed by atoms with Crippen LogP contribution in [0.4, 0.5) is 34.1 Å². The molecule has 0 saturated heterocycles. The molecule has 380 valence electrons. The minimum absolute atomic E-state index is 0.895. The van der Waals surface area contributed by atoms with E-state index in [9.17, 15) is 0 Å². The number of benzene rings is 13. The second kappa shape index (κ2) is 18.9.